The van der Waals surface area contributed by atoms with Crippen LogP contribution in [0.15, 0.2) is 34.5 Å². The molecule has 3 nitrogen and oxygen atoms in total. The van der Waals surface area contributed by atoms with E-state index in [0.717, 1.165) is 12.2 Å². The first kappa shape index (κ1) is 10.6. The molecule has 1 heterocycles. The smallest absolute Gasteiger partial charge is 0.0949 e. The number of nitrogens with zero attached hydrogens (tertiary/aromatic N) is 3. The lowest BCUT2D eigenvalue weighted by Gasteiger charge is -2.12. The third kappa shape index (κ3) is 4.53. The summed E-state index contributed by atoms with van der Waals surface area (Å²) in [6.45, 7) is 7.13. The normalized spacial score (nSPS) is 10.5. The van der Waals surface area contributed by atoms with Gasteiger partial charge in [-0.25, -0.2) is 4.99 Å². The van der Waals surface area contributed by atoms with Crippen molar-refractivity contribution in [3.05, 3.63) is 24.5 Å². The summed E-state index contributed by atoms with van der Waals surface area (Å²) in [7, 11) is 0. The third-order valence-electron chi connectivity index (χ3n) is 1.47. The summed E-state index contributed by atoms with van der Waals surface area (Å²) >= 11 is 0. The van der Waals surface area contributed by atoms with Crippen LogP contribution in [-0.2, 0) is 0 Å². The van der Waals surface area contributed by atoms with Gasteiger partial charge in [-0.2, -0.15) is 4.99 Å². The van der Waals surface area contributed by atoms with Crippen molar-refractivity contribution >= 4 is 11.7 Å². The Bertz CT molecular complexity index is 329. The Balaban J connectivity index is 2.57. The van der Waals surface area contributed by atoms with E-state index in [-0.39, 0.29) is 5.41 Å². The van der Waals surface area contributed by atoms with E-state index < -0.39 is 0 Å². The van der Waals surface area contributed by atoms with Crippen LogP contribution in [0.3, 0.4) is 0 Å². The Morgan fingerprint density at radius 1 is 1.29 bits per heavy atom. The molecule has 0 aliphatic rings. The van der Waals surface area contributed by atoms with Crippen LogP contribution in [0, 0.1) is 5.41 Å². The maximum Gasteiger partial charge on any atom is 0.0949 e. The highest BCUT2D eigenvalue weighted by Crippen LogP contribution is 2.12. The van der Waals surface area contributed by atoms with Gasteiger partial charge in [0, 0.05) is 12.4 Å². The van der Waals surface area contributed by atoms with Crippen molar-refractivity contribution < 1.29 is 0 Å². The highest BCUT2D eigenvalue weighted by molar-refractivity contribution is 5.51. The first-order valence-corrected chi connectivity index (χ1v) is 4.60. The molecule has 0 aliphatic heterocycles. The zero-order valence-corrected chi connectivity index (χ0v) is 8.86. The lowest BCUT2D eigenvalue weighted by atomic mass is 9.98. The predicted octanol–water partition coefficient (Wildman–Crippen LogP) is 2.93. The molecule has 1 aromatic rings. The monoisotopic (exact) mass is 189 g/mol. The second kappa shape index (κ2) is 4.68. The second-order valence-electron chi connectivity index (χ2n) is 4.29. The van der Waals surface area contributed by atoms with Gasteiger partial charge < -0.3 is 0 Å². The van der Waals surface area contributed by atoms with Gasteiger partial charge in [-0.05, 0) is 17.5 Å². The molecule has 1 rings (SSSR count). The van der Waals surface area contributed by atoms with Gasteiger partial charge in [-0.15, -0.1) is 0 Å². The number of hydrogen-bond donors (Lipinski definition) is 0. The largest absolute Gasteiger partial charge is 0.265 e. The zero-order chi connectivity index (χ0) is 10.4. The van der Waals surface area contributed by atoms with Crippen molar-refractivity contribution in [2.75, 3.05) is 6.54 Å². The van der Waals surface area contributed by atoms with E-state index >= 15 is 0 Å². The molecule has 0 radical (unpaired) electrons. The van der Waals surface area contributed by atoms with Gasteiger partial charge in [0.15, 0.2) is 0 Å². The average Bonchev–Trinajstić information content (AvgIpc) is 2.13. The van der Waals surface area contributed by atoms with E-state index in [0.29, 0.717) is 0 Å². The molecule has 0 saturated heterocycles. The Morgan fingerprint density at radius 3 is 2.50 bits per heavy atom. The summed E-state index contributed by atoms with van der Waals surface area (Å²) in [5, 5.41) is 0. The highest BCUT2D eigenvalue weighted by Gasteiger charge is 2.07. The zero-order valence-electron chi connectivity index (χ0n) is 8.86. The van der Waals surface area contributed by atoms with Crippen LogP contribution in [0.4, 0.5) is 5.69 Å². The molecule has 0 atom stereocenters. The van der Waals surface area contributed by atoms with Crippen molar-refractivity contribution in [3.8, 4) is 0 Å². The minimum Gasteiger partial charge on any atom is -0.265 e. The van der Waals surface area contributed by atoms with Crippen LogP contribution >= 0.6 is 0 Å². The van der Waals surface area contributed by atoms with Crippen molar-refractivity contribution in [1.29, 1.82) is 0 Å². The minimum atomic E-state index is 0.195. The van der Waals surface area contributed by atoms with Crippen LogP contribution < -0.4 is 0 Å². The van der Waals surface area contributed by atoms with Gasteiger partial charge in [0.25, 0.3) is 0 Å². The molecule has 0 aliphatic carbocycles. The molecule has 14 heavy (non-hydrogen) atoms. The summed E-state index contributed by atoms with van der Waals surface area (Å²) in [6, 6.07) is 6.32. The van der Waals surface area contributed by atoms with Crippen molar-refractivity contribution in [1.82, 2.24) is 4.98 Å². The topological polar surface area (TPSA) is 37.6 Å². The molecule has 0 N–H and O–H groups in total. The SMILES string of the molecule is CC(C)(C)CN=C=Nc1ccncc1. The van der Waals surface area contributed by atoms with Crippen molar-refractivity contribution in [2.24, 2.45) is 15.4 Å². The molecule has 0 aromatic carbocycles. The van der Waals surface area contributed by atoms with Crippen LogP contribution in [0.5, 0.6) is 0 Å². The number of hydrogen-bond acceptors (Lipinski definition) is 3. The second-order valence-corrected chi connectivity index (χ2v) is 4.29. The highest BCUT2D eigenvalue weighted by atomic mass is 14.8. The molecule has 0 spiro atoms. The van der Waals surface area contributed by atoms with E-state index in [1.807, 2.05) is 12.1 Å². The maximum absolute atomic E-state index is 4.10. The molecule has 0 amide bonds. The summed E-state index contributed by atoms with van der Waals surface area (Å²) in [6.07, 6.45) is 3.40. The predicted molar refractivity (Wildman–Crippen MR) is 58.1 cm³/mol. The van der Waals surface area contributed by atoms with Crippen LogP contribution in [-0.4, -0.2) is 17.5 Å². The molecule has 1 aromatic heterocycles. The Hall–Kier alpha value is -1.47. The molecule has 74 valence electrons. The fourth-order valence-electron chi connectivity index (χ4n) is 0.784. The van der Waals surface area contributed by atoms with E-state index in [2.05, 4.69) is 41.7 Å². The van der Waals surface area contributed by atoms with Gasteiger partial charge in [-0.1, -0.05) is 20.8 Å². The minimum absolute atomic E-state index is 0.195. The Kier molecular flexibility index (Phi) is 3.55. The van der Waals surface area contributed by atoms with Crippen molar-refractivity contribution in [3.63, 3.8) is 0 Å². The van der Waals surface area contributed by atoms with Gasteiger partial charge in [0.2, 0.25) is 0 Å². The van der Waals surface area contributed by atoms with E-state index in [9.17, 15) is 0 Å². The lowest BCUT2D eigenvalue weighted by Crippen LogP contribution is -2.08. The van der Waals surface area contributed by atoms with Crippen LogP contribution in [0.2, 0.25) is 0 Å². The number of aliphatic imine (C=N–C) groups is 2. The van der Waals surface area contributed by atoms with Crippen LogP contribution in [0.1, 0.15) is 20.8 Å². The van der Waals surface area contributed by atoms with Gasteiger partial charge in [-0.3, -0.25) is 4.98 Å². The first-order valence-electron chi connectivity index (χ1n) is 4.60. The third-order valence-corrected chi connectivity index (χ3v) is 1.47. The standard InChI is InChI=1S/C11H15N3/c1-11(2,3)8-13-9-14-10-4-6-12-7-5-10/h4-7H,8H2,1-3H3. The number of aromatic nitrogens is 1. The quantitative estimate of drug-likeness (QED) is 0.659. The van der Waals surface area contributed by atoms with E-state index in [1.165, 1.54) is 0 Å². The molecule has 0 bridgehead atoms. The molecule has 0 saturated carbocycles. The van der Waals surface area contributed by atoms with Gasteiger partial charge in [0.1, 0.15) is 0 Å². The average molecular weight is 189 g/mol. The molecular weight excluding hydrogens is 174 g/mol. The van der Waals surface area contributed by atoms with Crippen LogP contribution in [0.25, 0.3) is 0 Å². The Labute approximate surface area is 84.6 Å². The first-order chi connectivity index (χ1) is 6.58. The van der Waals surface area contributed by atoms with E-state index in [4.69, 9.17) is 0 Å². The molecule has 3 heteroatoms. The van der Waals surface area contributed by atoms with Gasteiger partial charge >= 0.3 is 0 Å². The fourth-order valence-corrected chi connectivity index (χ4v) is 0.784. The summed E-state index contributed by atoms with van der Waals surface area (Å²) < 4.78 is 0. The fraction of sp³-hybridized carbons (Fsp3) is 0.455. The number of pyridine rings is 1. The number of rotatable bonds is 2. The van der Waals surface area contributed by atoms with Crippen molar-refractivity contribution in [2.45, 2.75) is 20.8 Å². The molecular formula is C11H15N3. The molecule has 0 unspecified atom stereocenters. The van der Waals surface area contributed by atoms with Gasteiger partial charge in [0.05, 0.1) is 18.2 Å². The summed E-state index contributed by atoms with van der Waals surface area (Å²) in [5.41, 5.74) is 1.03. The maximum atomic E-state index is 4.10. The summed E-state index contributed by atoms with van der Waals surface area (Å²) in [5.74, 6) is 0. The van der Waals surface area contributed by atoms with E-state index in [1.54, 1.807) is 12.4 Å². The lowest BCUT2D eigenvalue weighted by molar-refractivity contribution is 0.430. The Morgan fingerprint density at radius 2 is 1.93 bits per heavy atom. The summed E-state index contributed by atoms with van der Waals surface area (Å²) in [4.78, 5) is 12.0. The molecule has 0 fully saturated rings.